The molecule has 1 heterocycles. The Labute approximate surface area is 129 Å². The van der Waals surface area contributed by atoms with Gasteiger partial charge in [0.25, 0.3) is 0 Å². The van der Waals surface area contributed by atoms with Gasteiger partial charge in [0, 0.05) is 9.85 Å². The van der Waals surface area contributed by atoms with Gasteiger partial charge in [0.2, 0.25) is 0 Å². The van der Waals surface area contributed by atoms with Gasteiger partial charge in [-0.3, -0.25) is 4.79 Å². The van der Waals surface area contributed by atoms with Crippen LogP contribution in [-0.4, -0.2) is 23.2 Å². The van der Waals surface area contributed by atoms with Crippen LogP contribution in [0.3, 0.4) is 0 Å². The first-order valence-electron chi connectivity index (χ1n) is 5.89. The number of hydrogen-bond acceptors (Lipinski definition) is 4. The number of methoxy groups -OCH3 is 1. The molecule has 20 heavy (non-hydrogen) atoms. The lowest BCUT2D eigenvalue weighted by atomic mass is 9.90. The van der Waals surface area contributed by atoms with Crippen LogP contribution >= 0.6 is 27.3 Å². The molecule has 0 spiro atoms. The first-order chi connectivity index (χ1) is 9.36. The largest absolute Gasteiger partial charge is 0.496 e. The van der Waals surface area contributed by atoms with Crippen molar-refractivity contribution < 1.29 is 14.6 Å². The molecule has 1 N–H and O–H groups in total. The number of ether oxygens (including phenoxy) is 1. The van der Waals surface area contributed by atoms with E-state index in [1.807, 2.05) is 18.2 Å². The van der Waals surface area contributed by atoms with Crippen molar-refractivity contribution in [3.8, 4) is 16.3 Å². The Bertz CT molecular complexity index is 652. The van der Waals surface area contributed by atoms with Crippen LogP contribution in [0, 0.1) is 0 Å². The van der Waals surface area contributed by atoms with Crippen molar-refractivity contribution in [3.05, 3.63) is 33.7 Å². The standard InChI is InChI=1S/C14H14BrNO3S/c1-14(2,13(17)18)11-7-20-12(16-11)9-6-8(15)4-5-10(9)19-3/h4-7H,1-3H3,(H,17,18). The zero-order chi connectivity index (χ0) is 14.9. The fourth-order valence-electron chi connectivity index (χ4n) is 1.64. The van der Waals surface area contributed by atoms with E-state index in [0.29, 0.717) is 11.4 Å². The fourth-order valence-corrected chi connectivity index (χ4v) is 3.01. The molecule has 0 fully saturated rings. The summed E-state index contributed by atoms with van der Waals surface area (Å²) in [5.41, 5.74) is 0.389. The molecule has 0 aliphatic heterocycles. The quantitative estimate of drug-likeness (QED) is 0.901. The van der Waals surface area contributed by atoms with E-state index in [4.69, 9.17) is 4.74 Å². The van der Waals surface area contributed by atoms with Gasteiger partial charge in [0.1, 0.15) is 16.2 Å². The van der Waals surface area contributed by atoms with Crippen LogP contribution in [0.25, 0.3) is 10.6 Å². The molecule has 0 aliphatic rings. The van der Waals surface area contributed by atoms with Crippen LogP contribution in [0.1, 0.15) is 19.5 Å². The summed E-state index contributed by atoms with van der Waals surface area (Å²) in [7, 11) is 1.60. The molecule has 0 amide bonds. The smallest absolute Gasteiger partial charge is 0.315 e. The molecule has 1 aromatic carbocycles. The van der Waals surface area contributed by atoms with Crippen LogP contribution in [-0.2, 0) is 10.2 Å². The highest BCUT2D eigenvalue weighted by molar-refractivity contribution is 9.10. The minimum Gasteiger partial charge on any atom is -0.496 e. The Morgan fingerprint density at radius 1 is 1.45 bits per heavy atom. The van der Waals surface area contributed by atoms with Gasteiger partial charge < -0.3 is 9.84 Å². The second-order valence-corrected chi connectivity index (χ2v) is 6.59. The van der Waals surface area contributed by atoms with Crippen molar-refractivity contribution >= 4 is 33.2 Å². The van der Waals surface area contributed by atoms with Crippen LogP contribution in [0.5, 0.6) is 5.75 Å². The molecule has 4 nitrogen and oxygen atoms in total. The molecule has 0 saturated carbocycles. The van der Waals surface area contributed by atoms with Crippen molar-refractivity contribution in [3.63, 3.8) is 0 Å². The van der Waals surface area contributed by atoms with E-state index in [1.165, 1.54) is 11.3 Å². The maximum absolute atomic E-state index is 11.3. The maximum Gasteiger partial charge on any atom is 0.315 e. The third kappa shape index (κ3) is 2.71. The number of aromatic nitrogens is 1. The average molecular weight is 356 g/mol. The number of carboxylic acid groups (broad SMARTS) is 1. The summed E-state index contributed by atoms with van der Waals surface area (Å²) >= 11 is 4.83. The molecule has 0 aliphatic carbocycles. The van der Waals surface area contributed by atoms with E-state index in [9.17, 15) is 9.90 Å². The molecule has 2 rings (SSSR count). The summed E-state index contributed by atoms with van der Waals surface area (Å²) < 4.78 is 6.25. The van der Waals surface area contributed by atoms with E-state index in [0.717, 1.165) is 15.0 Å². The first kappa shape index (κ1) is 15.0. The van der Waals surface area contributed by atoms with E-state index in [1.54, 1.807) is 26.3 Å². The van der Waals surface area contributed by atoms with E-state index in [2.05, 4.69) is 20.9 Å². The number of thiazole rings is 1. The highest BCUT2D eigenvalue weighted by atomic mass is 79.9. The molecule has 6 heteroatoms. The Morgan fingerprint density at radius 3 is 2.75 bits per heavy atom. The van der Waals surface area contributed by atoms with Gasteiger partial charge in [-0.05, 0) is 32.0 Å². The predicted octanol–water partition coefficient (Wildman–Crippen LogP) is 3.94. The van der Waals surface area contributed by atoms with Crippen molar-refractivity contribution in [2.75, 3.05) is 7.11 Å². The lowest BCUT2D eigenvalue weighted by Gasteiger charge is -2.15. The lowest BCUT2D eigenvalue weighted by Crippen LogP contribution is -2.28. The number of rotatable bonds is 4. The topological polar surface area (TPSA) is 59.4 Å². The zero-order valence-corrected chi connectivity index (χ0v) is 13.7. The highest BCUT2D eigenvalue weighted by Crippen LogP contribution is 2.36. The Morgan fingerprint density at radius 2 is 2.15 bits per heavy atom. The van der Waals surface area contributed by atoms with E-state index < -0.39 is 11.4 Å². The normalized spacial score (nSPS) is 11.4. The Hall–Kier alpha value is -1.40. The molecule has 2 aromatic rings. The number of hydrogen-bond donors (Lipinski definition) is 1. The molecule has 1 aromatic heterocycles. The predicted molar refractivity (Wildman–Crippen MR) is 82.5 cm³/mol. The SMILES string of the molecule is COc1ccc(Br)cc1-c1nc(C(C)(C)C(=O)O)cs1. The van der Waals surface area contributed by atoms with Gasteiger partial charge in [0.15, 0.2) is 0 Å². The third-order valence-corrected chi connectivity index (χ3v) is 4.44. The van der Waals surface area contributed by atoms with Gasteiger partial charge >= 0.3 is 5.97 Å². The molecule has 0 saturated heterocycles. The highest BCUT2D eigenvalue weighted by Gasteiger charge is 2.32. The summed E-state index contributed by atoms with van der Waals surface area (Å²) in [4.78, 5) is 15.7. The molecule has 106 valence electrons. The second kappa shape index (κ2) is 5.54. The summed E-state index contributed by atoms with van der Waals surface area (Å²) in [5.74, 6) is -0.183. The number of nitrogens with zero attached hydrogens (tertiary/aromatic N) is 1. The Kier molecular flexibility index (Phi) is 4.15. The summed E-state index contributed by atoms with van der Waals surface area (Å²) in [6.45, 7) is 3.29. The summed E-state index contributed by atoms with van der Waals surface area (Å²) in [6.07, 6.45) is 0. The number of aliphatic carboxylic acids is 1. The molecular formula is C14H14BrNO3S. The minimum absolute atomic E-state index is 0.548. The lowest BCUT2D eigenvalue weighted by molar-refractivity contribution is -0.142. The minimum atomic E-state index is -1.01. The molecule has 0 unspecified atom stereocenters. The number of carbonyl (C=O) groups is 1. The number of halogens is 1. The summed E-state index contributed by atoms with van der Waals surface area (Å²) in [5, 5.41) is 11.8. The second-order valence-electron chi connectivity index (χ2n) is 4.81. The van der Waals surface area contributed by atoms with Crippen molar-refractivity contribution in [1.82, 2.24) is 4.98 Å². The average Bonchev–Trinajstić information content (AvgIpc) is 2.88. The summed E-state index contributed by atoms with van der Waals surface area (Å²) in [6, 6.07) is 5.65. The van der Waals surface area contributed by atoms with Crippen molar-refractivity contribution in [1.29, 1.82) is 0 Å². The third-order valence-electron chi connectivity index (χ3n) is 3.07. The van der Waals surface area contributed by atoms with Gasteiger partial charge in [-0.1, -0.05) is 15.9 Å². The molecule has 0 atom stereocenters. The van der Waals surface area contributed by atoms with E-state index in [-0.39, 0.29) is 0 Å². The molecule has 0 bridgehead atoms. The van der Waals surface area contributed by atoms with Crippen LogP contribution in [0.4, 0.5) is 0 Å². The van der Waals surface area contributed by atoms with Gasteiger partial charge in [-0.2, -0.15) is 0 Å². The van der Waals surface area contributed by atoms with Crippen molar-refractivity contribution in [2.45, 2.75) is 19.3 Å². The van der Waals surface area contributed by atoms with Crippen LogP contribution in [0.2, 0.25) is 0 Å². The monoisotopic (exact) mass is 355 g/mol. The van der Waals surface area contributed by atoms with E-state index >= 15 is 0 Å². The van der Waals surface area contributed by atoms with Gasteiger partial charge in [-0.15, -0.1) is 11.3 Å². The fraction of sp³-hybridized carbons (Fsp3) is 0.286. The van der Waals surface area contributed by atoms with Gasteiger partial charge in [0.05, 0.1) is 18.4 Å². The van der Waals surface area contributed by atoms with Crippen molar-refractivity contribution in [2.24, 2.45) is 0 Å². The maximum atomic E-state index is 11.3. The first-order valence-corrected chi connectivity index (χ1v) is 7.57. The molecular weight excluding hydrogens is 342 g/mol. The Balaban J connectivity index is 2.49. The van der Waals surface area contributed by atoms with Gasteiger partial charge in [-0.25, -0.2) is 4.98 Å². The zero-order valence-electron chi connectivity index (χ0n) is 11.3. The number of benzene rings is 1. The number of carboxylic acids is 1. The van der Waals surface area contributed by atoms with Crippen LogP contribution < -0.4 is 4.74 Å². The molecule has 0 radical (unpaired) electrons. The van der Waals surface area contributed by atoms with Crippen LogP contribution in [0.15, 0.2) is 28.1 Å².